The number of pyridine rings is 1. The Labute approximate surface area is 208 Å². The van der Waals surface area contributed by atoms with E-state index in [0.29, 0.717) is 17.0 Å². The maximum absolute atomic E-state index is 12.9. The van der Waals surface area contributed by atoms with Gasteiger partial charge in [0.05, 0.1) is 10.6 Å². The molecule has 2 aromatic rings. The molecule has 3 N–H and O–H groups in total. The lowest BCUT2D eigenvalue weighted by atomic mass is 10.0. The smallest absolute Gasteiger partial charge is 0.355 e. The second-order valence-electron chi connectivity index (χ2n) is 7.57. The van der Waals surface area contributed by atoms with Crippen LogP contribution in [-0.2, 0) is 30.6 Å². The van der Waals surface area contributed by atoms with E-state index in [1.165, 1.54) is 60.3 Å². The number of benzene rings is 1. The third kappa shape index (κ3) is 4.98. The molecule has 2 atom stereocenters. The highest BCUT2D eigenvalue weighted by molar-refractivity contribution is 8.00. The van der Waals surface area contributed by atoms with Gasteiger partial charge in [-0.15, -0.1) is 11.8 Å². The van der Waals surface area contributed by atoms with Crippen molar-refractivity contribution in [3.8, 4) is 0 Å². The van der Waals surface area contributed by atoms with Crippen LogP contribution < -0.4 is 11.1 Å². The number of ether oxygens (including phenoxy) is 1. The molecule has 13 nitrogen and oxygen atoms in total. The van der Waals surface area contributed by atoms with Gasteiger partial charge >= 0.3 is 5.97 Å². The van der Waals surface area contributed by atoms with Crippen molar-refractivity contribution in [2.24, 2.45) is 5.16 Å². The van der Waals surface area contributed by atoms with Gasteiger partial charge in [-0.2, -0.15) is 0 Å². The molecule has 1 fully saturated rings. The highest BCUT2D eigenvalue weighted by atomic mass is 32.2. The van der Waals surface area contributed by atoms with E-state index in [-0.39, 0.29) is 29.4 Å². The molecule has 2 aliphatic rings. The Bertz CT molecular complexity index is 1280. The fourth-order valence-corrected chi connectivity index (χ4v) is 4.74. The molecule has 0 aliphatic carbocycles. The van der Waals surface area contributed by atoms with Crippen LogP contribution in [-0.4, -0.2) is 62.6 Å². The van der Waals surface area contributed by atoms with Crippen LogP contribution >= 0.6 is 11.8 Å². The minimum absolute atomic E-state index is 0.0689. The lowest BCUT2D eigenvalue weighted by Gasteiger charge is -2.48. The van der Waals surface area contributed by atoms with Gasteiger partial charge < -0.3 is 20.6 Å². The van der Waals surface area contributed by atoms with Crippen molar-refractivity contribution in [1.29, 1.82) is 0 Å². The SMILES string of the molecule is CON=C(C(=O)NC1C(=O)N2C(C(=O)OCc3ccc([N+](=O)[O-])cc3)=CCS[C@@H]12)c1cc(N)ccn1. The van der Waals surface area contributed by atoms with Gasteiger partial charge in [0.15, 0.2) is 5.71 Å². The Morgan fingerprint density at radius 3 is 2.75 bits per heavy atom. The van der Waals surface area contributed by atoms with Crippen molar-refractivity contribution in [2.45, 2.75) is 18.0 Å². The third-order valence-electron chi connectivity index (χ3n) is 5.28. The first kappa shape index (κ1) is 24.7. The predicted octanol–water partition coefficient (Wildman–Crippen LogP) is 0.950. The summed E-state index contributed by atoms with van der Waals surface area (Å²) in [4.78, 5) is 58.8. The maximum Gasteiger partial charge on any atom is 0.355 e. The van der Waals surface area contributed by atoms with Gasteiger partial charge in [0.25, 0.3) is 17.5 Å². The van der Waals surface area contributed by atoms with E-state index in [2.05, 4.69) is 15.5 Å². The lowest BCUT2D eigenvalue weighted by Crippen LogP contribution is -2.70. The molecule has 0 radical (unpaired) electrons. The summed E-state index contributed by atoms with van der Waals surface area (Å²) in [7, 11) is 1.27. The van der Waals surface area contributed by atoms with E-state index in [1.807, 2.05) is 0 Å². The summed E-state index contributed by atoms with van der Waals surface area (Å²) >= 11 is 1.37. The summed E-state index contributed by atoms with van der Waals surface area (Å²) in [5.41, 5.74) is 6.68. The minimum atomic E-state index is -0.906. The molecule has 4 rings (SSSR count). The molecule has 0 saturated carbocycles. The number of nitro groups is 1. The van der Waals surface area contributed by atoms with E-state index in [9.17, 15) is 24.5 Å². The van der Waals surface area contributed by atoms with Crippen LogP contribution in [0.2, 0.25) is 0 Å². The quantitative estimate of drug-likeness (QED) is 0.170. The van der Waals surface area contributed by atoms with Crippen LogP contribution in [0.3, 0.4) is 0 Å². The number of hydrogen-bond acceptors (Lipinski definition) is 11. The Hall–Kier alpha value is -4.46. The molecule has 0 bridgehead atoms. The molecule has 2 aliphatic heterocycles. The van der Waals surface area contributed by atoms with Gasteiger partial charge in [0.2, 0.25) is 0 Å². The summed E-state index contributed by atoms with van der Waals surface area (Å²) in [6.07, 6.45) is 2.99. The Morgan fingerprint density at radius 2 is 2.08 bits per heavy atom. The minimum Gasteiger partial charge on any atom is -0.456 e. The van der Waals surface area contributed by atoms with E-state index in [1.54, 1.807) is 12.1 Å². The number of esters is 1. The standard InChI is InChI=1S/C22H20N6O7S/c1-34-26-17(15-10-13(23)6-8-24-15)19(29)25-18-20(30)27-16(7-9-36-21(18)27)22(31)35-11-12-2-4-14(5-3-12)28(32)33/h2-8,10,18,21H,9,11H2,1H3,(H2,23,24)(H,25,29)/t18?,21-/m0/s1. The van der Waals surface area contributed by atoms with Crippen molar-refractivity contribution in [2.75, 3.05) is 18.6 Å². The Morgan fingerprint density at radius 1 is 1.33 bits per heavy atom. The molecule has 0 spiro atoms. The Kier molecular flexibility index (Phi) is 7.15. The van der Waals surface area contributed by atoms with Crippen LogP contribution in [0.5, 0.6) is 0 Å². The van der Waals surface area contributed by atoms with Crippen molar-refractivity contribution in [3.63, 3.8) is 0 Å². The first-order chi connectivity index (χ1) is 17.3. The zero-order chi connectivity index (χ0) is 25.8. The van der Waals surface area contributed by atoms with Crippen molar-refractivity contribution in [1.82, 2.24) is 15.2 Å². The number of carbonyl (C=O) groups is 3. The van der Waals surface area contributed by atoms with Gasteiger partial charge in [-0.3, -0.25) is 29.6 Å². The molecule has 36 heavy (non-hydrogen) atoms. The number of nitrogens with two attached hydrogens (primary N) is 1. The number of hydrogen-bond donors (Lipinski definition) is 2. The van der Waals surface area contributed by atoms with Gasteiger partial charge in [-0.05, 0) is 35.9 Å². The zero-order valence-corrected chi connectivity index (χ0v) is 19.6. The summed E-state index contributed by atoms with van der Waals surface area (Å²) in [6.45, 7) is -0.127. The molecule has 1 saturated heterocycles. The summed E-state index contributed by atoms with van der Waals surface area (Å²) in [6, 6.07) is 7.67. The molecule has 1 aromatic heterocycles. The number of anilines is 1. The topological polar surface area (TPSA) is 179 Å². The van der Waals surface area contributed by atoms with Gasteiger partial charge in [0.1, 0.15) is 30.8 Å². The fraction of sp³-hybridized carbons (Fsp3) is 0.227. The average molecular weight is 513 g/mol. The van der Waals surface area contributed by atoms with Crippen molar-refractivity contribution < 1.29 is 28.9 Å². The number of non-ortho nitro benzene ring substituents is 1. The van der Waals surface area contributed by atoms with Crippen LogP contribution in [0, 0.1) is 10.1 Å². The number of aromatic nitrogens is 1. The molecular formula is C22H20N6O7S. The molecular weight excluding hydrogens is 492 g/mol. The highest BCUT2D eigenvalue weighted by Gasteiger charge is 2.53. The number of nitro benzene ring substituents is 1. The normalized spacial score (nSPS) is 18.9. The average Bonchev–Trinajstić information content (AvgIpc) is 2.88. The first-order valence-corrected chi connectivity index (χ1v) is 11.5. The number of amides is 2. The lowest BCUT2D eigenvalue weighted by molar-refractivity contribution is -0.384. The third-order valence-corrected chi connectivity index (χ3v) is 6.47. The monoisotopic (exact) mass is 512 g/mol. The van der Waals surface area contributed by atoms with Crippen molar-refractivity contribution in [3.05, 3.63) is 75.7 Å². The summed E-state index contributed by atoms with van der Waals surface area (Å²) < 4.78 is 5.30. The molecule has 2 amide bonds. The molecule has 1 aromatic carbocycles. The number of β-lactam (4-membered cyclic amide) rings is 1. The summed E-state index contributed by atoms with van der Waals surface area (Å²) in [5.74, 6) is -1.48. The van der Waals surface area contributed by atoms with E-state index in [4.69, 9.17) is 15.3 Å². The summed E-state index contributed by atoms with van der Waals surface area (Å²) in [5, 5.41) is 16.6. The number of rotatable bonds is 8. The molecule has 3 heterocycles. The Balaban J connectivity index is 1.39. The molecule has 14 heteroatoms. The van der Waals surface area contributed by atoms with Gasteiger partial charge in [-0.25, -0.2) is 4.79 Å². The molecule has 186 valence electrons. The van der Waals surface area contributed by atoms with E-state index < -0.39 is 34.1 Å². The predicted molar refractivity (Wildman–Crippen MR) is 128 cm³/mol. The van der Waals surface area contributed by atoms with E-state index in [0.717, 1.165) is 0 Å². The van der Waals surface area contributed by atoms with Crippen LogP contribution in [0.25, 0.3) is 0 Å². The van der Waals surface area contributed by atoms with Crippen LogP contribution in [0.4, 0.5) is 11.4 Å². The van der Waals surface area contributed by atoms with Crippen LogP contribution in [0.15, 0.2) is 59.5 Å². The number of nitrogen functional groups attached to an aromatic ring is 1. The first-order valence-electron chi connectivity index (χ1n) is 10.5. The number of fused-ring (bicyclic) bond motifs is 1. The largest absolute Gasteiger partial charge is 0.456 e. The van der Waals surface area contributed by atoms with Crippen molar-refractivity contribution >= 4 is 46.6 Å². The number of carbonyl (C=O) groups excluding carboxylic acids is 3. The highest BCUT2D eigenvalue weighted by Crippen LogP contribution is 2.38. The fourth-order valence-electron chi connectivity index (χ4n) is 3.55. The van der Waals surface area contributed by atoms with E-state index >= 15 is 0 Å². The zero-order valence-electron chi connectivity index (χ0n) is 18.8. The number of nitrogens with zero attached hydrogens (tertiary/aromatic N) is 4. The number of thioether (sulfide) groups is 1. The van der Waals surface area contributed by atoms with Gasteiger partial charge in [-0.1, -0.05) is 5.16 Å². The maximum atomic E-state index is 12.9. The second-order valence-corrected chi connectivity index (χ2v) is 8.72. The van der Waals surface area contributed by atoms with Crippen LogP contribution in [0.1, 0.15) is 11.3 Å². The second kappa shape index (κ2) is 10.4. The number of nitrogens with one attached hydrogen (secondary N) is 1. The molecule has 1 unspecified atom stereocenters. The number of oxime groups is 1. The van der Waals surface area contributed by atoms with Gasteiger partial charge in [0, 0.05) is 29.8 Å².